The summed E-state index contributed by atoms with van der Waals surface area (Å²) in [5.41, 5.74) is 2.42. The minimum atomic E-state index is -0.0916. The summed E-state index contributed by atoms with van der Waals surface area (Å²) >= 11 is 1.51. The third-order valence-electron chi connectivity index (χ3n) is 2.91. The molecule has 0 spiro atoms. The Morgan fingerprint density at radius 1 is 1.32 bits per heavy atom. The second-order valence-electron chi connectivity index (χ2n) is 4.11. The summed E-state index contributed by atoms with van der Waals surface area (Å²) in [6.45, 7) is 1.83. The standard InChI is InChI=1S/C13H13N3O2S/c1-8-15-16-11(7-17)12(14-13(16)19-8)9-3-5-10(18-2)6-4-9/h3-6,17H,7H2,1-2H3. The van der Waals surface area contributed by atoms with E-state index in [0.717, 1.165) is 27.0 Å². The molecule has 0 radical (unpaired) electrons. The van der Waals surface area contributed by atoms with Gasteiger partial charge in [-0.3, -0.25) is 0 Å². The van der Waals surface area contributed by atoms with Crippen LogP contribution in [-0.4, -0.2) is 26.8 Å². The molecular weight excluding hydrogens is 262 g/mol. The number of hydrogen-bond acceptors (Lipinski definition) is 5. The molecule has 2 aromatic heterocycles. The lowest BCUT2D eigenvalue weighted by Gasteiger charge is -2.03. The lowest BCUT2D eigenvalue weighted by molar-refractivity contribution is 0.275. The number of aromatic nitrogens is 3. The maximum absolute atomic E-state index is 9.56. The van der Waals surface area contributed by atoms with Gasteiger partial charge in [0.15, 0.2) is 0 Å². The van der Waals surface area contributed by atoms with Crippen molar-refractivity contribution in [2.75, 3.05) is 7.11 Å². The van der Waals surface area contributed by atoms with E-state index in [-0.39, 0.29) is 6.61 Å². The number of methoxy groups -OCH3 is 1. The molecule has 0 aliphatic heterocycles. The first-order chi connectivity index (χ1) is 9.22. The van der Waals surface area contributed by atoms with Gasteiger partial charge in [0.1, 0.15) is 10.8 Å². The van der Waals surface area contributed by atoms with E-state index in [9.17, 15) is 5.11 Å². The van der Waals surface area contributed by atoms with E-state index in [1.54, 1.807) is 11.6 Å². The number of ether oxygens (including phenoxy) is 1. The molecular formula is C13H13N3O2S. The fourth-order valence-corrected chi connectivity index (χ4v) is 2.77. The van der Waals surface area contributed by atoms with E-state index >= 15 is 0 Å². The molecule has 2 heterocycles. The highest BCUT2D eigenvalue weighted by molar-refractivity contribution is 7.16. The number of benzene rings is 1. The van der Waals surface area contributed by atoms with Crippen molar-refractivity contribution in [1.82, 2.24) is 14.6 Å². The molecule has 6 heteroatoms. The second-order valence-corrected chi connectivity index (χ2v) is 5.27. The molecule has 19 heavy (non-hydrogen) atoms. The lowest BCUT2D eigenvalue weighted by Crippen LogP contribution is -1.95. The van der Waals surface area contributed by atoms with Gasteiger partial charge in [0, 0.05) is 5.56 Å². The van der Waals surface area contributed by atoms with E-state index in [0.29, 0.717) is 5.69 Å². The summed E-state index contributed by atoms with van der Waals surface area (Å²) in [4.78, 5) is 5.35. The fraction of sp³-hybridized carbons (Fsp3) is 0.231. The normalized spacial score (nSPS) is 11.1. The molecule has 0 aliphatic carbocycles. The van der Waals surface area contributed by atoms with Gasteiger partial charge in [-0.25, -0.2) is 9.50 Å². The number of aliphatic hydroxyl groups excluding tert-OH is 1. The molecule has 0 unspecified atom stereocenters. The van der Waals surface area contributed by atoms with Gasteiger partial charge >= 0.3 is 0 Å². The first-order valence-electron chi connectivity index (χ1n) is 5.83. The zero-order valence-corrected chi connectivity index (χ0v) is 11.4. The Labute approximate surface area is 114 Å². The van der Waals surface area contributed by atoms with Crippen LogP contribution in [0.3, 0.4) is 0 Å². The van der Waals surface area contributed by atoms with Crippen molar-refractivity contribution in [1.29, 1.82) is 0 Å². The van der Waals surface area contributed by atoms with Gasteiger partial charge in [-0.1, -0.05) is 11.3 Å². The van der Waals surface area contributed by atoms with Crippen LogP contribution in [0.2, 0.25) is 0 Å². The quantitative estimate of drug-likeness (QED) is 0.796. The average molecular weight is 275 g/mol. The number of aryl methyl sites for hydroxylation is 1. The summed E-state index contributed by atoms with van der Waals surface area (Å²) in [5.74, 6) is 0.796. The van der Waals surface area contributed by atoms with Crippen molar-refractivity contribution < 1.29 is 9.84 Å². The number of aliphatic hydroxyl groups is 1. The van der Waals surface area contributed by atoms with Crippen LogP contribution in [0.5, 0.6) is 5.75 Å². The van der Waals surface area contributed by atoms with E-state index in [2.05, 4.69) is 10.1 Å². The first kappa shape index (κ1) is 12.1. The highest BCUT2D eigenvalue weighted by Gasteiger charge is 2.16. The van der Waals surface area contributed by atoms with Crippen molar-refractivity contribution in [2.45, 2.75) is 13.5 Å². The molecule has 1 N–H and O–H groups in total. The van der Waals surface area contributed by atoms with Crippen molar-refractivity contribution in [3.8, 4) is 17.0 Å². The van der Waals surface area contributed by atoms with Crippen LogP contribution < -0.4 is 4.74 Å². The van der Waals surface area contributed by atoms with Gasteiger partial charge in [-0.05, 0) is 31.2 Å². The van der Waals surface area contributed by atoms with Crippen molar-refractivity contribution in [3.05, 3.63) is 35.0 Å². The third kappa shape index (κ3) is 1.98. The number of imidazole rings is 1. The molecule has 3 aromatic rings. The van der Waals surface area contributed by atoms with Crippen LogP contribution in [0.25, 0.3) is 16.2 Å². The Kier molecular flexibility index (Phi) is 2.96. The van der Waals surface area contributed by atoms with Crippen LogP contribution in [0.4, 0.5) is 0 Å². The Morgan fingerprint density at radius 3 is 2.68 bits per heavy atom. The summed E-state index contributed by atoms with van der Waals surface area (Å²) in [6.07, 6.45) is 0. The summed E-state index contributed by atoms with van der Waals surface area (Å²) in [5, 5.41) is 14.8. The van der Waals surface area contributed by atoms with Crippen LogP contribution >= 0.6 is 11.3 Å². The molecule has 0 aliphatic rings. The predicted molar refractivity (Wildman–Crippen MR) is 73.5 cm³/mol. The van der Waals surface area contributed by atoms with E-state index in [1.807, 2.05) is 31.2 Å². The smallest absolute Gasteiger partial charge is 0.213 e. The lowest BCUT2D eigenvalue weighted by atomic mass is 10.1. The van der Waals surface area contributed by atoms with Gasteiger partial charge in [-0.2, -0.15) is 5.10 Å². The van der Waals surface area contributed by atoms with Gasteiger partial charge in [-0.15, -0.1) is 0 Å². The maximum Gasteiger partial charge on any atom is 0.213 e. The zero-order valence-electron chi connectivity index (χ0n) is 10.6. The molecule has 3 rings (SSSR count). The number of nitrogens with zero attached hydrogens (tertiary/aromatic N) is 3. The second kappa shape index (κ2) is 4.64. The van der Waals surface area contributed by atoms with Crippen molar-refractivity contribution in [2.24, 2.45) is 0 Å². The molecule has 1 aromatic carbocycles. The molecule has 0 saturated carbocycles. The Morgan fingerprint density at radius 2 is 2.05 bits per heavy atom. The van der Waals surface area contributed by atoms with E-state index < -0.39 is 0 Å². The van der Waals surface area contributed by atoms with Crippen LogP contribution in [0.1, 0.15) is 10.7 Å². The Balaban J connectivity index is 2.14. The van der Waals surface area contributed by atoms with Gasteiger partial charge < -0.3 is 9.84 Å². The summed E-state index contributed by atoms with van der Waals surface area (Å²) in [6, 6.07) is 7.61. The topological polar surface area (TPSA) is 59.7 Å². The fourth-order valence-electron chi connectivity index (χ4n) is 2.01. The zero-order chi connectivity index (χ0) is 13.4. The maximum atomic E-state index is 9.56. The van der Waals surface area contributed by atoms with Gasteiger partial charge in [0.05, 0.1) is 25.1 Å². The van der Waals surface area contributed by atoms with E-state index in [1.165, 1.54) is 11.3 Å². The van der Waals surface area contributed by atoms with Crippen molar-refractivity contribution in [3.63, 3.8) is 0 Å². The minimum absolute atomic E-state index is 0.0916. The molecule has 5 nitrogen and oxygen atoms in total. The molecule has 0 atom stereocenters. The van der Waals surface area contributed by atoms with Gasteiger partial charge in [0.25, 0.3) is 0 Å². The highest BCUT2D eigenvalue weighted by Crippen LogP contribution is 2.28. The summed E-state index contributed by atoms with van der Waals surface area (Å²) in [7, 11) is 1.63. The molecule has 0 saturated heterocycles. The monoisotopic (exact) mass is 275 g/mol. The summed E-state index contributed by atoms with van der Waals surface area (Å²) < 4.78 is 6.84. The Hall–Kier alpha value is -1.92. The van der Waals surface area contributed by atoms with Crippen LogP contribution in [-0.2, 0) is 6.61 Å². The average Bonchev–Trinajstić information content (AvgIpc) is 2.94. The van der Waals surface area contributed by atoms with Gasteiger partial charge in [0.2, 0.25) is 4.96 Å². The van der Waals surface area contributed by atoms with Crippen LogP contribution in [0.15, 0.2) is 24.3 Å². The number of rotatable bonds is 3. The van der Waals surface area contributed by atoms with Crippen LogP contribution in [0, 0.1) is 6.92 Å². The number of hydrogen-bond donors (Lipinski definition) is 1. The minimum Gasteiger partial charge on any atom is -0.497 e. The molecule has 0 fully saturated rings. The van der Waals surface area contributed by atoms with E-state index in [4.69, 9.17) is 4.74 Å². The largest absolute Gasteiger partial charge is 0.497 e. The molecule has 98 valence electrons. The highest BCUT2D eigenvalue weighted by atomic mass is 32.1. The third-order valence-corrected chi connectivity index (χ3v) is 3.73. The molecule has 0 bridgehead atoms. The molecule has 0 amide bonds. The Bertz CT molecular complexity index is 715. The van der Waals surface area contributed by atoms with Crippen molar-refractivity contribution >= 4 is 16.3 Å². The number of fused-ring (bicyclic) bond motifs is 1. The first-order valence-corrected chi connectivity index (χ1v) is 6.65. The SMILES string of the molecule is COc1ccc(-c2nc3sc(C)nn3c2CO)cc1. The predicted octanol–water partition coefficient (Wildman–Crippen LogP) is 2.27.